The summed E-state index contributed by atoms with van der Waals surface area (Å²) in [6, 6.07) is 0.611. The second-order valence-corrected chi connectivity index (χ2v) is 3.64. The minimum Gasteiger partial charge on any atom is -0.323 e. The van der Waals surface area contributed by atoms with Crippen LogP contribution in [0.5, 0.6) is 0 Å². The Labute approximate surface area is 95.0 Å². The Morgan fingerprint density at radius 1 is 1.47 bits per heavy atom. The molecule has 1 saturated heterocycles. The molecule has 0 aromatic carbocycles. The van der Waals surface area contributed by atoms with Gasteiger partial charge in [-0.15, -0.1) is 0 Å². The summed E-state index contributed by atoms with van der Waals surface area (Å²) in [5, 5.41) is 6.11. The first-order chi connectivity index (χ1) is 7.24. The first-order valence-electron chi connectivity index (χ1n) is 6.01. The molecule has 0 aliphatic carbocycles. The monoisotopic (exact) mass is 216 g/mol. The maximum absolute atomic E-state index is 10.3. The Kier molecular flexibility index (Phi) is 15.4. The van der Waals surface area contributed by atoms with Gasteiger partial charge in [0.05, 0.1) is 0 Å². The van der Waals surface area contributed by atoms with Gasteiger partial charge < -0.3 is 15.4 Å². The van der Waals surface area contributed by atoms with Crippen LogP contribution in [0.15, 0.2) is 0 Å². The molecule has 1 heterocycles. The lowest BCUT2D eigenvalue weighted by Gasteiger charge is -2.10. The van der Waals surface area contributed by atoms with Crippen molar-refractivity contribution in [1.29, 1.82) is 0 Å². The Balaban J connectivity index is 0. The fraction of sp³-hybridized carbons (Fsp3) is 0.917. The molecule has 0 saturated carbocycles. The van der Waals surface area contributed by atoms with Gasteiger partial charge in [-0.1, -0.05) is 20.8 Å². The van der Waals surface area contributed by atoms with Crippen LogP contribution in [0.25, 0.3) is 0 Å². The molecule has 1 aliphatic heterocycles. The van der Waals surface area contributed by atoms with Crippen LogP contribution in [-0.4, -0.2) is 33.0 Å². The van der Waals surface area contributed by atoms with Gasteiger partial charge in [-0.2, -0.15) is 0 Å². The average molecular weight is 216 g/mol. The highest BCUT2D eigenvalue weighted by Crippen LogP contribution is 2.12. The summed E-state index contributed by atoms with van der Waals surface area (Å²) in [5.74, 6) is 0.232. The zero-order valence-corrected chi connectivity index (χ0v) is 11.0. The summed E-state index contributed by atoms with van der Waals surface area (Å²) in [7, 11) is 3.75. The third-order valence-electron chi connectivity index (χ3n) is 2.05. The van der Waals surface area contributed by atoms with Gasteiger partial charge in [0.1, 0.15) is 6.29 Å². The largest absolute Gasteiger partial charge is 0.323 e. The maximum atomic E-state index is 10.3. The molecule has 15 heavy (non-hydrogen) atoms. The van der Waals surface area contributed by atoms with Gasteiger partial charge in [0.25, 0.3) is 0 Å². The van der Waals surface area contributed by atoms with E-state index in [1.54, 1.807) is 0 Å². The van der Waals surface area contributed by atoms with Crippen LogP contribution in [0, 0.1) is 5.92 Å². The Hall–Kier alpha value is -0.410. The molecule has 0 amide bonds. The van der Waals surface area contributed by atoms with Gasteiger partial charge in [0.2, 0.25) is 0 Å². The fourth-order valence-corrected chi connectivity index (χ4v) is 1.46. The molecule has 0 aromatic heterocycles. The minimum atomic E-state index is 0.232. The third kappa shape index (κ3) is 11.5. The van der Waals surface area contributed by atoms with Crippen LogP contribution in [0.3, 0.4) is 0 Å². The predicted molar refractivity (Wildman–Crippen MR) is 67.2 cm³/mol. The standard InChI is InChI=1S/C8H15NO.C2H7N.C2H6/c1-7(6-10)5-8-3-2-4-9-8;1-3-2;1-2/h6-9H,2-5H2,1H3;3H,1-2H3;1-2H3. The molecule has 2 atom stereocenters. The Bertz CT molecular complexity index is 123. The molecule has 2 N–H and O–H groups in total. The molecule has 3 nitrogen and oxygen atoms in total. The number of hydrogen-bond donors (Lipinski definition) is 2. The Morgan fingerprint density at radius 2 is 2.00 bits per heavy atom. The van der Waals surface area contributed by atoms with E-state index in [-0.39, 0.29) is 5.92 Å². The van der Waals surface area contributed by atoms with Crippen molar-refractivity contribution in [2.75, 3.05) is 20.6 Å². The normalized spacial score (nSPS) is 20.5. The first kappa shape index (κ1) is 17.0. The summed E-state index contributed by atoms with van der Waals surface area (Å²) in [6.45, 7) is 7.11. The molecule has 1 fully saturated rings. The summed E-state index contributed by atoms with van der Waals surface area (Å²) >= 11 is 0. The third-order valence-corrected chi connectivity index (χ3v) is 2.05. The fourth-order valence-electron chi connectivity index (χ4n) is 1.46. The second kappa shape index (κ2) is 13.6. The molecule has 0 aromatic rings. The van der Waals surface area contributed by atoms with Crippen molar-refractivity contribution in [3.05, 3.63) is 0 Å². The number of aldehydes is 1. The van der Waals surface area contributed by atoms with Crippen molar-refractivity contribution < 1.29 is 4.79 Å². The highest BCUT2D eigenvalue weighted by atomic mass is 16.1. The van der Waals surface area contributed by atoms with Crippen molar-refractivity contribution in [3.8, 4) is 0 Å². The smallest absolute Gasteiger partial charge is 0.122 e. The molecular weight excluding hydrogens is 188 g/mol. The van der Waals surface area contributed by atoms with Crippen molar-refractivity contribution in [2.24, 2.45) is 5.92 Å². The molecule has 2 unspecified atom stereocenters. The average Bonchev–Trinajstić information content (AvgIpc) is 2.74. The van der Waals surface area contributed by atoms with E-state index in [1.807, 2.05) is 34.9 Å². The number of carbonyl (C=O) groups excluding carboxylic acids is 1. The lowest BCUT2D eigenvalue weighted by molar-refractivity contribution is -0.110. The van der Waals surface area contributed by atoms with E-state index in [0.717, 1.165) is 19.3 Å². The van der Waals surface area contributed by atoms with Crippen molar-refractivity contribution >= 4 is 6.29 Å². The summed E-state index contributed by atoms with van der Waals surface area (Å²) in [5.41, 5.74) is 0. The zero-order valence-electron chi connectivity index (χ0n) is 11.0. The lowest BCUT2D eigenvalue weighted by Crippen LogP contribution is -2.23. The van der Waals surface area contributed by atoms with Gasteiger partial charge in [-0.05, 0) is 39.9 Å². The van der Waals surface area contributed by atoms with Crippen LogP contribution in [-0.2, 0) is 4.79 Å². The van der Waals surface area contributed by atoms with E-state index in [2.05, 4.69) is 10.6 Å². The van der Waals surface area contributed by atoms with Crippen molar-refractivity contribution in [1.82, 2.24) is 10.6 Å². The van der Waals surface area contributed by atoms with Gasteiger partial charge in [0.15, 0.2) is 0 Å². The SMILES string of the molecule is CC.CC(C=O)CC1CCCN1.CNC. The molecule has 3 heteroatoms. The quantitative estimate of drug-likeness (QED) is 0.707. The van der Waals surface area contributed by atoms with Gasteiger partial charge in [-0.25, -0.2) is 0 Å². The number of nitrogens with one attached hydrogen (secondary N) is 2. The summed E-state index contributed by atoms with van der Waals surface area (Å²) in [4.78, 5) is 10.3. The molecule has 92 valence electrons. The number of carbonyl (C=O) groups is 1. The summed E-state index contributed by atoms with van der Waals surface area (Å²) < 4.78 is 0. The molecule has 0 radical (unpaired) electrons. The molecule has 1 aliphatic rings. The number of hydrogen-bond acceptors (Lipinski definition) is 3. The maximum Gasteiger partial charge on any atom is 0.122 e. The molecule has 1 rings (SSSR count). The number of rotatable bonds is 3. The summed E-state index contributed by atoms with van der Waals surface area (Å²) in [6.07, 6.45) is 4.58. The molecule has 0 spiro atoms. The highest BCUT2D eigenvalue weighted by Gasteiger charge is 2.15. The van der Waals surface area contributed by atoms with E-state index in [9.17, 15) is 4.79 Å². The van der Waals surface area contributed by atoms with Crippen molar-refractivity contribution in [3.63, 3.8) is 0 Å². The minimum absolute atomic E-state index is 0.232. The van der Waals surface area contributed by atoms with E-state index >= 15 is 0 Å². The van der Waals surface area contributed by atoms with Gasteiger partial charge in [0, 0.05) is 12.0 Å². The molecule has 0 bridgehead atoms. The topological polar surface area (TPSA) is 41.1 Å². The lowest BCUT2D eigenvalue weighted by atomic mass is 10.0. The van der Waals surface area contributed by atoms with Crippen LogP contribution in [0.1, 0.15) is 40.0 Å². The Morgan fingerprint density at radius 3 is 2.33 bits per heavy atom. The van der Waals surface area contributed by atoms with E-state index in [0.29, 0.717) is 6.04 Å². The molecular formula is C12H28N2O. The van der Waals surface area contributed by atoms with E-state index in [1.165, 1.54) is 12.8 Å². The highest BCUT2D eigenvalue weighted by molar-refractivity contribution is 5.52. The van der Waals surface area contributed by atoms with Gasteiger partial charge in [-0.3, -0.25) is 0 Å². The predicted octanol–water partition coefficient (Wildman–Crippen LogP) is 1.83. The zero-order chi connectivity index (χ0) is 12.1. The van der Waals surface area contributed by atoms with E-state index in [4.69, 9.17) is 0 Å². The van der Waals surface area contributed by atoms with Gasteiger partial charge >= 0.3 is 0 Å². The van der Waals surface area contributed by atoms with Crippen LogP contribution < -0.4 is 10.6 Å². The first-order valence-corrected chi connectivity index (χ1v) is 6.01. The van der Waals surface area contributed by atoms with Crippen LogP contribution in [0.4, 0.5) is 0 Å². The second-order valence-electron chi connectivity index (χ2n) is 3.64. The van der Waals surface area contributed by atoms with Crippen molar-refractivity contribution in [2.45, 2.75) is 46.1 Å². The van der Waals surface area contributed by atoms with E-state index < -0.39 is 0 Å². The van der Waals surface area contributed by atoms with Crippen LogP contribution in [0.2, 0.25) is 0 Å². The van der Waals surface area contributed by atoms with Crippen LogP contribution >= 0.6 is 0 Å².